The molecule has 0 bridgehead atoms. The lowest BCUT2D eigenvalue weighted by Gasteiger charge is -2.28. The van der Waals surface area contributed by atoms with E-state index in [4.69, 9.17) is 5.73 Å². The molecule has 0 aromatic heterocycles. The standard InChI is InChI=1S/C16H24F2N4/c1-16(2,11-22-7-3-4-8-22)10-20-15(19)21-14-9-12(17)5-6-13(14)18/h5-6,9H,3-4,7-8,10-11H2,1-2H3,(H3,19,20,21). The normalized spacial score (nSPS) is 17.0. The third-order valence-electron chi connectivity index (χ3n) is 3.72. The molecule has 3 N–H and O–H groups in total. The molecule has 0 spiro atoms. The highest BCUT2D eigenvalue weighted by Gasteiger charge is 2.23. The fourth-order valence-corrected chi connectivity index (χ4v) is 2.67. The fraction of sp³-hybridized carbons (Fsp3) is 0.562. The summed E-state index contributed by atoms with van der Waals surface area (Å²) in [5.74, 6) is -0.985. The molecular formula is C16H24F2N4. The molecule has 1 aromatic rings. The van der Waals surface area contributed by atoms with Gasteiger partial charge in [0.1, 0.15) is 11.6 Å². The first-order valence-corrected chi connectivity index (χ1v) is 7.60. The topological polar surface area (TPSA) is 53.6 Å². The van der Waals surface area contributed by atoms with Gasteiger partial charge in [-0.1, -0.05) is 13.8 Å². The third-order valence-corrected chi connectivity index (χ3v) is 3.72. The minimum atomic E-state index is -0.559. The summed E-state index contributed by atoms with van der Waals surface area (Å²) in [5.41, 5.74) is 5.76. The quantitative estimate of drug-likeness (QED) is 0.649. The SMILES string of the molecule is CC(C)(CN=C(N)Nc1cc(F)ccc1F)CN1CCCC1. The van der Waals surface area contributed by atoms with Gasteiger partial charge in [-0.2, -0.15) is 0 Å². The Morgan fingerprint density at radius 1 is 1.32 bits per heavy atom. The van der Waals surface area contributed by atoms with Crippen LogP contribution in [0.15, 0.2) is 23.2 Å². The van der Waals surface area contributed by atoms with Crippen LogP contribution in [0.3, 0.4) is 0 Å². The predicted octanol–water partition coefficient (Wildman–Crippen LogP) is 2.81. The van der Waals surface area contributed by atoms with Crippen molar-refractivity contribution in [1.82, 2.24) is 4.90 Å². The van der Waals surface area contributed by atoms with Gasteiger partial charge in [-0.05, 0) is 43.5 Å². The van der Waals surface area contributed by atoms with Crippen molar-refractivity contribution in [2.45, 2.75) is 26.7 Å². The smallest absolute Gasteiger partial charge is 0.193 e. The van der Waals surface area contributed by atoms with Crippen molar-refractivity contribution in [1.29, 1.82) is 0 Å². The molecule has 0 radical (unpaired) electrons. The first-order valence-electron chi connectivity index (χ1n) is 7.60. The van der Waals surface area contributed by atoms with E-state index in [9.17, 15) is 8.78 Å². The van der Waals surface area contributed by atoms with Gasteiger partial charge in [0.25, 0.3) is 0 Å². The van der Waals surface area contributed by atoms with Crippen LogP contribution in [0.4, 0.5) is 14.5 Å². The number of hydrogen-bond donors (Lipinski definition) is 2. The second-order valence-corrected chi connectivity index (χ2v) is 6.60. The number of rotatable bonds is 5. The van der Waals surface area contributed by atoms with Crippen molar-refractivity contribution in [3.63, 3.8) is 0 Å². The van der Waals surface area contributed by atoms with E-state index in [1.54, 1.807) is 0 Å². The summed E-state index contributed by atoms with van der Waals surface area (Å²) in [7, 11) is 0. The summed E-state index contributed by atoms with van der Waals surface area (Å²) in [6, 6.07) is 3.18. The van der Waals surface area contributed by atoms with E-state index in [0.29, 0.717) is 6.54 Å². The molecular weight excluding hydrogens is 286 g/mol. The zero-order valence-corrected chi connectivity index (χ0v) is 13.2. The molecule has 0 atom stereocenters. The summed E-state index contributed by atoms with van der Waals surface area (Å²) < 4.78 is 26.6. The van der Waals surface area contributed by atoms with Crippen LogP contribution < -0.4 is 11.1 Å². The van der Waals surface area contributed by atoms with Gasteiger partial charge >= 0.3 is 0 Å². The van der Waals surface area contributed by atoms with Gasteiger partial charge in [0.05, 0.1) is 5.69 Å². The molecule has 1 aromatic carbocycles. The Morgan fingerprint density at radius 3 is 2.68 bits per heavy atom. The molecule has 1 aliphatic heterocycles. The molecule has 22 heavy (non-hydrogen) atoms. The van der Waals surface area contributed by atoms with E-state index in [1.807, 2.05) is 0 Å². The average Bonchev–Trinajstić information content (AvgIpc) is 2.93. The number of likely N-dealkylation sites (tertiary alicyclic amines) is 1. The molecule has 0 unspecified atom stereocenters. The number of aliphatic imine (C=N–C) groups is 1. The highest BCUT2D eigenvalue weighted by atomic mass is 19.1. The molecule has 2 rings (SSSR count). The number of guanidine groups is 1. The van der Waals surface area contributed by atoms with Gasteiger partial charge < -0.3 is 16.0 Å². The Morgan fingerprint density at radius 2 is 2.00 bits per heavy atom. The maximum atomic E-state index is 13.5. The Bertz CT molecular complexity index is 537. The van der Waals surface area contributed by atoms with Crippen LogP contribution in [0, 0.1) is 17.0 Å². The fourth-order valence-electron chi connectivity index (χ4n) is 2.67. The summed E-state index contributed by atoms with van der Waals surface area (Å²) >= 11 is 0. The molecule has 6 heteroatoms. The van der Waals surface area contributed by atoms with Crippen molar-refractivity contribution < 1.29 is 8.78 Å². The number of hydrogen-bond acceptors (Lipinski definition) is 2. The Hall–Kier alpha value is -1.69. The molecule has 122 valence electrons. The maximum absolute atomic E-state index is 13.5. The molecule has 1 fully saturated rings. The summed E-state index contributed by atoms with van der Waals surface area (Å²) in [5, 5.41) is 2.62. The number of benzene rings is 1. The van der Waals surface area contributed by atoms with Crippen LogP contribution in [0.2, 0.25) is 0 Å². The highest BCUT2D eigenvalue weighted by Crippen LogP contribution is 2.21. The van der Waals surface area contributed by atoms with Crippen LogP contribution in [-0.4, -0.2) is 37.0 Å². The van der Waals surface area contributed by atoms with Gasteiger partial charge in [-0.3, -0.25) is 4.99 Å². The van der Waals surface area contributed by atoms with E-state index >= 15 is 0 Å². The van der Waals surface area contributed by atoms with Gasteiger partial charge in [0.2, 0.25) is 0 Å². The second kappa shape index (κ2) is 7.05. The zero-order valence-electron chi connectivity index (χ0n) is 13.2. The summed E-state index contributed by atoms with van der Waals surface area (Å²) in [6.45, 7) is 8.01. The van der Waals surface area contributed by atoms with Crippen molar-refractivity contribution in [3.8, 4) is 0 Å². The van der Waals surface area contributed by atoms with Crippen LogP contribution in [-0.2, 0) is 0 Å². The largest absolute Gasteiger partial charge is 0.370 e. The van der Waals surface area contributed by atoms with Crippen LogP contribution in [0.25, 0.3) is 0 Å². The lowest BCUT2D eigenvalue weighted by molar-refractivity contribution is 0.216. The molecule has 1 heterocycles. The first kappa shape index (κ1) is 16.7. The molecule has 0 amide bonds. The monoisotopic (exact) mass is 310 g/mol. The van der Waals surface area contributed by atoms with Crippen LogP contribution in [0.5, 0.6) is 0 Å². The van der Waals surface area contributed by atoms with Crippen molar-refractivity contribution in [3.05, 3.63) is 29.8 Å². The molecule has 4 nitrogen and oxygen atoms in total. The van der Waals surface area contributed by atoms with E-state index in [2.05, 4.69) is 29.1 Å². The Kier molecular flexibility index (Phi) is 5.34. The van der Waals surface area contributed by atoms with E-state index in [0.717, 1.165) is 37.8 Å². The van der Waals surface area contributed by atoms with E-state index < -0.39 is 11.6 Å². The number of nitrogens with two attached hydrogens (primary N) is 1. The Labute approximate surface area is 130 Å². The van der Waals surface area contributed by atoms with Gasteiger partial charge in [0.15, 0.2) is 5.96 Å². The van der Waals surface area contributed by atoms with Gasteiger partial charge in [-0.25, -0.2) is 8.78 Å². The minimum Gasteiger partial charge on any atom is -0.370 e. The summed E-state index contributed by atoms with van der Waals surface area (Å²) in [6.07, 6.45) is 2.50. The van der Waals surface area contributed by atoms with E-state index in [-0.39, 0.29) is 17.1 Å². The average molecular weight is 310 g/mol. The number of anilines is 1. The van der Waals surface area contributed by atoms with E-state index in [1.165, 1.54) is 12.8 Å². The highest BCUT2D eigenvalue weighted by molar-refractivity contribution is 5.92. The number of nitrogens with one attached hydrogen (secondary N) is 1. The Balaban J connectivity index is 1.92. The lowest BCUT2D eigenvalue weighted by Crippen LogP contribution is -2.35. The van der Waals surface area contributed by atoms with Crippen molar-refractivity contribution in [2.24, 2.45) is 16.1 Å². The first-order chi connectivity index (χ1) is 10.4. The second-order valence-electron chi connectivity index (χ2n) is 6.60. The zero-order chi connectivity index (χ0) is 16.2. The van der Waals surface area contributed by atoms with Crippen LogP contribution in [0.1, 0.15) is 26.7 Å². The molecule has 1 aliphatic rings. The molecule has 0 saturated carbocycles. The maximum Gasteiger partial charge on any atom is 0.193 e. The van der Waals surface area contributed by atoms with Crippen molar-refractivity contribution in [2.75, 3.05) is 31.5 Å². The third kappa shape index (κ3) is 4.94. The number of nitrogens with zero attached hydrogens (tertiary/aromatic N) is 2. The predicted molar refractivity (Wildman–Crippen MR) is 85.9 cm³/mol. The van der Waals surface area contributed by atoms with Crippen LogP contribution >= 0.6 is 0 Å². The van der Waals surface area contributed by atoms with Crippen molar-refractivity contribution >= 4 is 11.6 Å². The minimum absolute atomic E-state index is 0.00130. The lowest BCUT2D eigenvalue weighted by atomic mass is 9.93. The summed E-state index contributed by atoms with van der Waals surface area (Å²) in [4.78, 5) is 6.69. The van der Waals surface area contributed by atoms with Gasteiger partial charge in [0, 0.05) is 19.2 Å². The number of halogens is 2. The molecule has 1 saturated heterocycles. The van der Waals surface area contributed by atoms with Gasteiger partial charge in [-0.15, -0.1) is 0 Å². The molecule has 0 aliphatic carbocycles.